The molecule has 0 unspecified atom stereocenters. The average Bonchev–Trinajstić information content (AvgIpc) is 2.67. The van der Waals surface area contributed by atoms with Gasteiger partial charge in [-0.15, -0.1) is 0 Å². The van der Waals surface area contributed by atoms with E-state index in [1.54, 1.807) is 7.05 Å². The first-order valence-electron chi connectivity index (χ1n) is 5.10. The summed E-state index contributed by atoms with van der Waals surface area (Å²) < 4.78 is 27.8. The number of halogens is 3. The first-order valence-corrected chi connectivity index (χ1v) is 7.71. The highest BCUT2D eigenvalue weighted by Gasteiger charge is 2.23. The Morgan fingerprint density at radius 3 is 2.25 bits per heavy atom. The summed E-state index contributed by atoms with van der Waals surface area (Å²) in [5, 5.41) is 8.90. The molecule has 0 atom stereocenters. The predicted molar refractivity (Wildman–Crippen MR) is 77.2 cm³/mol. The van der Waals surface area contributed by atoms with Gasteiger partial charge in [0.15, 0.2) is 5.75 Å². The van der Waals surface area contributed by atoms with Crippen LogP contribution in [0.15, 0.2) is 23.5 Å². The van der Waals surface area contributed by atoms with Gasteiger partial charge < -0.3 is 9.67 Å². The fourth-order valence-corrected chi connectivity index (χ4v) is 3.36. The number of rotatable bonds is 3. The lowest BCUT2D eigenvalue weighted by atomic mass is 10.3. The minimum absolute atomic E-state index is 0.0338. The summed E-state index contributed by atoms with van der Waals surface area (Å²) in [7, 11) is -2.42. The van der Waals surface area contributed by atoms with Crippen molar-refractivity contribution >= 4 is 50.5 Å². The van der Waals surface area contributed by atoms with Crippen LogP contribution in [0.2, 0.25) is 15.2 Å². The molecule has 10 heteroatoms. The van der Waals surface area contributed by atoms with Crippen molar-refractivity contribution in [3.8, 4) is 5.75 Å². The molecular formula is C10H8Cl3N3O3S. The molecule has 2 aromatic rings. The van der Waals surface area contributed by atoms with E-state index in [1.165, 1.54) is 23.0 Å². The monoisotopic (exact) mass is 355 g/mol. The van der Waals surface area contributed by atoms with E-state index in [2.05, 4.69) is 9.71 Å². The van der Waals surface area contributed by atoms with Gasteiger partial charge in [0.05, 0.1) is 22.1 Å². The van der Waals surface area contributed by atoms with E-state index < -0.39 is 10.0 Å². The Morgan fingerprint density at radius 1 is 1.25 bits per heavy atom. The van der Waals surface area contributed by atoms with Crippen LogP contribution in [0.5, 0.6) is 5.75 Å². The first-order chi connectivity index (χ1) is 9.22. The molecule has 0 saturated carbocycles. The molecule has 1 aromatic heterocycles. The zero-order valence-corrected chi connectivity index (χ0v) is 13.0. The van der Waals surface area contributed by atoms with Crippen LogP contribution in [0.1, 0.15) is 0 Å². The zero-order chi connectivity index (χ0) is 15.1. The number of hydrogen-bond donors (Lipinski definition) is 2. The van der Waals surface area contributed by atoms with Gasteiger partial charge in [-0.2, -0.15) is 8.42 Å². The average molecular weight is 357 g/mol. The van der Waals surface area contributed by atoms with Gasteiger partial charge in [-0.3, -0.25) is 4.72 Å². The van der Waals surface area contributed by atoms with Crippen LogP contribution < -0.4 is 4.72 Å². The number of aryl methyl sites for hydroxylation is 1. The second-order valence-corrected chi connectivity index (χ2v) is 6.62. The number of imidazole rings is 1. The van der Waals surface area contributed by atoms with Crippen molar-refractivity contribution in [1.82, 2.24) is 9.55 Å². The van der Waals surface area contributed by atoms with Gasteiger partial charge in [0.25, 0.3) is 10.0 Å². The molecule has 0 bridgehead atoms. The fourth-order valence-electron chi connectivity index (χ4n) is 1.40. The standard InChI is InChI=1S/C10H8Cl3N3O3S/c1-16-4-14-10(9(16)13)20(18,19)15-5-2-6(11)8(17)7(12)3-5/h2-4,15,17H,1H3. The van der Waals surface area contributed by atoms with Gasteiger partial charge >= 0.3 is 0 Å². The van der Waals surface area contributed by atoms with Crippen LogP contribution in [0.3, 0.4) is 0 Å². The number of anilines is 1. The maximum atomic E-state index is 12.1. The molecule has 1 heterocycles. The third kappa shape index (κ3) is 2.80. The van der Waals surface area contributed by atoms with E-state index >= 15 is 0 Å². The van der Waals surface area contributed by atoms with E-state index in [1.807, 2.05) is 0 Å². The molecule has 0 fully saturated rings. The molecular weight excluding hydrogens is 349 g/mol. The van der Waals surface area contributed by atoms with Crippen molar-refractivity contribution < 1.29 is 13.5 Å². The minimum Gasteiger partial charge on any atom is -0.505 e. The molecule has 0 aliphatic heterocycles. The number of nitrogens with zero attached hydrogens (tertiary/aromatic N) is 2. The van der Waals surface area contributed by atoms with Gasteiger partial charge in [-0.25, -0.2) is 4.98 Å². The molecule has 2 N–H and O–H groups in total. The molecule has 0 radical (unpaired) electrons. The smallest absolute Gasteiger partial charge is 0.282 e. The van der Waals surface area contributed by atoms with Gasteiger partial charge in [0, 0.05) is 7.05 Å². The number of aromatic nitrogens is 2. The lowest BCUT2D eigenvalue weighted by molar-refractivity contribution is 0.476. The van der Waals surface area contributed by atoms with Crippen LogP contribution in [-0.4, -0.2) is 23.1 Å². The number of phenolic OH excluding ortho intramolecular Hbond substituents is 1. The number of phenols is 1. The number of aromatic hydroxyl groups is 1. The number of hydrogen-bond acceptors (Lipinski definition) is 4. The van der Waals surface area contributed by atoms with Crippen molar-refractivity contribution in [2.24, 2.45) is 7.05 Å². The predicted octanol–water partition coefficient (Wildman–Crippen LogP) is 2.89. The summed E-state index contributed by atoms with van der Waals surface area (Å²) in [5.41, 5.74) is 0.0829. The van der Waals surface area contributed by atoms with Gasteiger partial charge in [0.2, 0.25) is 5.03 Å². The quantitative estimate of drug-likeness (QED) is 0.828. The molecule has 2 rings (SSSR count). The lowest BCUT2D eigenvalue weighted by Crippen LogP contribution is -2.14. The normalized spacial score (nSPS) is 11.6. The Balaban J connectivity index is 2.41. The number of sulfonamides is 1. The molecule has 0 spiro atoms. The highest BCUT2D eigenvalue weighted by atomic mass is 35.5. The molecule has 0 aliphatic carbocycles. The van der Waals surface area contributed by atoms with E-state index in [4.69, 9.17) is 34.8 Å². The number of nitrogens with one attached hydrogen (secondary N) is 1. The summed E-state index contributed by atoms with van der Waals surface area (Å²) >= 11 is 17.3. The van der Waals surface area contributed by atoms with Gasteiger partial charge in [0.1, 0.15) is 5.15 Å². The summed E-state index contributed by atoms with van der Waals surface area (Å²) in [6.07, 6.45) is 1.27. The van der Waals surface area contributed by atoms with Crippen molar-refractivity contribution in [3.63, 3.8) is 0 Å². The SMILES string of the molecule is Cn1cnc(S(=O)(=O)Nc2cc(Cl)c(O)c(Cl)c2)c1Cl. The van der Waals surface area contributed by atoms with Gasteiger partial charge in [-0.05, 0) is 12.1 Å². The molecule has 1 aromatic carbocycles. The Morgan fingerprint density at radius 2 is 1.80 bits per heavy atom. The molecule has 0 aliphatic rings. The Labute approximate surface area is 130 Å². The lowest BCUT2D eigenvalue weighted by Gasteiger charge is -2.08. The fraction of sp³-hybridized carbons (Fsp3) is 0.100. The summed E-state index contributed by atoms with van der Waals surface area (Å²) in [5.74, 6) is -0.327. The van der Waals surface area contributed by atoms with E-state index in [-0.39, 0.29) is 31.7 Å². The van der Waals surface area contributed by atoms with E-state index in [0.29, 0.717) is 0 Å². The second kappa shape index (κ2) is 5.33. The zero-order valence-electron chi connectivity index (χ0n) is 9.93. The van der Waals surface area contributed by atoms with Crippen LogP contribution in [-0.2, 0) is 17.1 Å². The molecule has 0 amide bonds. The highest BCUT2D eigenvalue weighted by Crippen LogP contribution is 2.35. The van der Waals surface area contributed by atoms with E-state index in [0.717, 1.165) is 0 Å². The highest BCUT2D eigenvalue weighted by molar-refractivity contribution is 7.92. The molecule has 108 valence electrons. The Kier molecular flexibility index (Phi) is 4.06. The first kappa shape index (κ1) is 15.2. The van der Waals surface area contributed by atoms with Crippen LogP contribution in [0.25, 0.3) is 0 Å². The van der Waals surface area contributed by atoms with Crippen LogP contribution in [0, 0.1) is 0 Å². The minimum atomic E-state index is -3.98. The van der Waals surface area contributed by atoms with Crippen molar-refractivity contribution in [2.75, 3.05) is 4.72 Å². The summed E-state index contributed by atoms with van der Waals surface area (Å²) in [6, 6.07) is 2.44. The van der Waals surface area contributed by atoms with Crippen molar-refractivity contribution in [3.05, 3.63) is 33.7 Å². The Bertz CT molecular complexity index is 750. The molecule has 0 saturated heterocycles. The van der Waals surface area contributed by atoms with Crippen LogP contribution >= 0.6 is 34.8 Å². The Hall–Kier alpha value is -1.15. The largest absolute Gasteiger partial charge is 0.505 e. The third-order valence-electron chi connectivity index (χ3n) is 2.36. The third-order valence-corrected chi connectivity index (χ3v) is 4.80. The number of benzene rings is 1. The van der Waals surface area contributed by atoms with E-state index in [9.17, 15) is 13.5 Å². The van der Waals surface area contributed by atoms with Crippen molar-refractivity contribution in [2.45, 2.75) is 5.03 Å². The maximum Gasteiger partial charge on any atom is 0.282 e. The van der Waals surface area contributed by atoms with Crippen molar-refractivity contribution in [1.29, 1.82) is 0 Å². The van der Waals surface area contributed by atoms with Crippen LogP contribution in [0.4, 0.5) is 5.69 Å². The van der Waals surface area contributed by atoms with Gasteiger partial charge in [-0.1, -0.05) is 34.8 Å². The second-order valence-electron chi connectivity index (χ2n) is 3.85. The summed E-state index contributed by atoms with van der Waals surface area (Å²) in [6.45, 7) is 0. The molecule has 6 nitrogen and oxygen atoms in total. The molecule has 20 heavy (non-hydrogen) atoms. The topological polar surface area (TPSA) is 84.2 Å². The summed E-state index contributed by atoms with van der Waals surface area (Å²) in [4.78, 5) is 3.71. The maximum absolute atomic E-state index is 12.1.